The minimum absolute atomic E-state index is 0.287. The molecule has 2 heterocycles. The Morgan fingerprint density at radius 3 is 2.56 bits per heavy atom. The average molecular weight is 375 g/mol. The lowest BCUT2D eigenvalue weighted by atomic mass is 9.96. The maximum absolute atomic E-state index is 12.9. The summed E-state index contributed by atoms with van der Waals surface area (Å²) in [5, 5.41) is 0. The molecule has 1 aromatic carbocycles. The summed E-state index contributed by atoms with van der Waals surface area (Å²) >= 11 is 0. The Balaban J connectivity index is 1.59. The molecule has 2 aliphatic heterocycles. The molecule has 5 nitrogen and oxygen atoms in total. The Morgan fingerprint density at radius 2 is 1.85 bits per heavy atom. The van der Waals surface area contributed by atoms with Crippen LogP contribution in [0.1, 0.15) is 64.4 Å². The number of nitrogens with zero attached hydrogens (tertiary/aromatic N) is 2. The van der Waals surface area contributed by atoms with Gasteiger partial charge in [0, 0.05) is 25.7 Å². The van der Waals surface area contributed by atoms with E-state index in [4.69, 9.17) is 9.47 Å². The lowest BCUT2D eigenvalue weighted by Gasteiger charge is -2.27. The summed E-state index contributed by atoms with van der Waals surface area (Å²) < 4.78 is 10.9. The van der Waals surface area contributed by atoms with Crippen LogP contribution in [0.4, 0.5) is 0 Å². The third-order valence-electron chi connectivity index (χ3n) is 5.83. The van der Waals surface area contributed by atoms with Crippen molar-refractivity contribution in [1.29, 1.82) is 0 Å². The van der Waals surface area contributed by atoms with E-state index in [1.165, 1.54) is 5.56 Å². The van der Waals surface area contributed by atoms with Crippen molar-refractivity contribution >= 4 is 5.91 Å². The molecule has 0 radical (unpaired) electrons. The van der Waals surface area contributed by atoms with E-state index in [0.717, 1.165) is 63.2 Å². The van der Waals surface area contributed by atoms with Crippen LogP contribution in [0.2, 0.25) is 0 Å². The smallest absolute Gasteiger partial charge is 0.236 e. The van der Waals surface area contributed by atoms with Gasteiger partial charge in [-0.25, -0.2) is 0 Å². The van der Waals surface area contributed by atoms with E-state index in [0.29, 0.717) is 25.3 Å². The SMILES string of the molecule is CCCCN(CCCC)C(=O)CN1CC(c2ccc3c(c2)OCO3)CC1C. The topological polar surface area (TPSA) is 42.0 Å². The summed E-state index contributed by atoms with van der Waals surface area (Å²) in [6.45, 7) is 10.2. The zero-order valence-corrected chi connectivity index (χ0v) is 17.1. The average Bonchev–Trinajstić information content (AvgIpc) is 3.28. The number of hydrogen-bond acceptors (Lipinski definition) is 4. The van der Waals surface area contributed by atoms with Gasteiger partial charge in [0.05, 0.1) is 6.54 Å². The Morgan fingerprint density at radius 1 is 1.15 bits per heavy atom. The Labute approximate surface area is 163 Å². The first-order valence-corrected chi connectivity index (χ1v) is 10.5. The van der Waals surface area contributed by atoms with Crippen LogP contribution < -0.4 is 9.47 Å². The molecule has 2 unspecified atom stereocenters. The zero-order valence-electron chi connectivity index (χ0n) is 17.1. The molecule has 0 N–H and O–H groups in total. The number of carbonyl (C=O) groups is 1. The molecule has 3 rings (SSSR count). The van der Waals surface area contributed by atoms with Crippen molar-refractivity contribution in [3.05, 3.63) is 23.8 Å². The van der Waals surface area contributed by atoms with E-state index in [9.17, 15) is 4.79 Å². The van der Waals surface area contributed by atoms with Crippen LogP contribution in [-0.4, -0.2) is 54.7 Å². The molecule has 0 bridgehead atoms. The number of ether oxygens (including phenoxy) is 2. The molecule has 0 aromatic heterocycles. The fraction of sp³-hybridized carbons (Fsp3) is 0.682. The number of carbonyl (C=O) groups excluding carboxylic acids is 1. The molecule has 0 saturated carbocycles. The highest BCUT2D eigenvalue weighted by Gasteiger charge is 2.32. The van der Waals surface area contributed by atoms with Crippen molar-refractivity contribution in [3.63, 3.8) is 0 Å². The van der Waals surface area contributed by atoms with Gasteiger partial charge in [-0.3, -0.25) is 9.69 Å². The molecule has 1 aromatic rings. The first-order chi connectivity index (χ1) is 13.1. The molecule has 2 aliphatic rings. The first kappa shape index (κ1) is 20.0. The van der Waals surface area contributed by atoms with Crippen molar-refractivity contribution in [3.8, 4) is 11.5 Å². The lowest BCUT2D eigenvalue weighted by Crippen LogP contribution is -2.42. The molecule has 2 atom stereocenters. The largest absolute Gasteiger partial charge is 0.454 e. The molecule has 1 amide bonds. The van der Waals surface area contributed by atoms with Crippen molar-refractivity contribution in [2.45, 2.75) is 64.8 Å². The number of benzene rings is 1. The van der Waals surface area contributed by atoms with Crippen molar-refractivity contribution in [1.82, 2.24) is 9.80 Å². The van der Waals surface area contributed by atoms with Gasteiger partial charge in [-0.15, -0.1) is 0 Å². The number of hydrogen-bond donors (Lipinski definition) is 0. The predicted octanol–water partition coefficient (Wildman–Crippen LogP) is 4.02. The second-order valence-electron chi connectivity index (χ2n) is 7.91. The number of unbranched alkanes of at least 4 members (excludes halogenated alkanes) is 2. The van der Waals surface area contributed by atoms with E-state index < -0.39 is 0 Å². The van der Waals surface area contributed by atoms with Gasteiger partial charge in [-0.2, -0.15) is 0 Å². The van der Waals surface area contributed by atoms with Gasteiger partial charge in [0.1, 0.15) is 0 Å². The molecule has 27 heavy (non-hydrogen) atoms. The zero-order chi connectivity index (χ0) is 19.2. The summed E-state index contributed by atoms with van der Waals surface area (Å²) in [7, 11) is 0. The summed E-state index contributed by atoms with van der Waals surface area (Å²) in [5.74, 6) is 2.41. The van der Waals surface area contributed by atoms with Crippen LogP contribution in [0.25, 0.3) is 0 Å². The molecular weight excluding hydrogens is 340 g/mol. The monoisotopic (exact) mass is 374 g/mol. The summed E-state index contributed by atoms with van der Waals surface area (Å²) in [6.07, 6.45) is 5.51. The van der Waals surface area contributed by atoms with Gasteiger partial charge in [-0.1, -0.05) is 32.8 Å². The quantitative estimate of drug-likeness (QED) is 0.655. The Hall–Kier alpha value is -1.75. The van der Waals surface area contributed by atoms with Gasteiger partial charge in [0.2, 0.25) is 12.7 Å². The standard InChI is InChI=1S/C22H34N2O3/c1-4-6-10-23(11-7-5-2)22(25)15-24-14-19(12-17(24)3)18-8-9-20-21(13-18)27-16-26-20/h8-9,13,17,19H,4-7,10-12,14-16H2,1-3H3. The number of amides is 1. The van der Waals surface area contributed by atoms with E-state index in [1.54, 1.807) is 0 Å². The highest BCUT2D eigenvalue weighted by molar-refractivity contribution is 5.78. The summed E-state index contributed by atoms with van der Waals surface area (Å²) in [6, 6.07) is 6.68. The van der Waals surface area contributed by atoms with Crippen LogP contribution in [0.5, 0.6) is 11.5 Å². The van der Waals surface area contributed by atoms with Gasteiger partial charge in [0.15, 0.2) is 11.5 Å². The van der Waals surface area contributed by atoms with E-state index in [-0.39, 0.29) is 5.91 Å². The fourth-order valence-electron chi connectivity index (χ4n) is 4.06. The molecule has 0 spiro atoms. The fourth-order valence-corrected chi connectivity index (χ4v) is 4.06. The summed E-state index contributed by atoms with van der Waals surface area (Å²) in [4.78, 5) is 17.3. The van der Waals surface area contributed by atoms with Crippen LogP contribution in [-0.2, 0) is 4.79 Å². The minimum Gasteiger partial charge on any atom is -0.454 e. The summed E-state index contributed by atoms with van der Waals surface area (Å²) in [5.41, 5.74) is 1.29. The van der Waals surface area contributed by atoms with Crippen molar-refractivity contribution in [2.24, 2.45) is 0 Å². The highest BCUT2D eigenvalue weighted by atomic mass is 16.7. The van der Waals surface area contributed by atoms with Crippen LogP contribution in [0, 0.1) is 0 Å². The molecular formula is C22H34N2O3. The van der Waals surface area contributed by atoms with Gasteiger partial charge < -0.3 is 14.4 Å². The van der Waals surface area contributed by atoms with E-state index in [1.807, 2.05) is 6.07 Å². The maximum atomic E-state index is 12.9. The van der Waals surface area contributed by atoms with E-state index >= 15 is 0 Å². The third-order valence-corrected chi connectivity index (χ3v) is 5.83. The molecule has 1 fully saturated rings. The maximum Gasteiger partial charge on any atom is 0.236 e. The third kappa shape index (κ3) is 4.95. The normalized spacial score (nSPS) is 21.6. The Bertz CT molecular complexity index is 626. The Kier molecular flexibility index (Phi) is 7.00. The van der Waals surface area contributed by atoms with Crippen LogP contribution >= 0.6 is 0 Å². The first-order valence-electron chi connectivity index (χ1n) is 10.5. The molecule has 150 valence electrons. The van der Waals surface area contributed by atoms with Crippen molar-refractivity contribution < 1.29 is 14.3 Å². The molecule has 5 heteroatoms. The number of likely N-dealkylation sites (tertiary alicyclic amines) is 1. The van der Waals surface area contributed by atoms with Gasteiger partial charge in [-0.05, 0) is 49.8 Å². The van der Waals surface area contributed by atoms with Crippen LogP contribution in [0.3, 0.4) is 0 Å². The van der Waals surface area contributed by atoms with Crippen molar-refractivity contribution in [2.75, 3.05) is 33.0 Å². The number of fused-ring (bicyclic) bond motifs is 1. The van der Waals surface area contributed by atoms with Gasteiger partial charge in [0.25, 0.3) is 0 Å². The molecule has 1 saturated heterocycles. The van der Waals surface area contributed by atoms with Crippen LogP contribution in [0.15, 0.2) is 18.2 Å². The molecule has 0 aliphatic carbocycles. The van der Waals surface area contributed by atoms with Gasteiger partial charge >= 0.3 is 0 Å². The highest BCUT2D eigenvalue weighted by Crippen LogP contribution is 2.38. The minimum atomic E-state index is 0.287. The second kappa shape index (κ2) is 9.45. The lowest BCUT2D eigenvalue weighted by molar-refractivity contribution is -0.132. The predicted molar refractivity (Wildman–Crippen MR) is 107 cm³/mol. The number of rotatable bonds is 9. The van der Waals surface area contributed by atoms with E-state index in [2.05, 4.69) is 42.7 Å². The second-order valence-corrected chi connectivity index (χ2v) is 7.91.